The zero-order valence-electron chi connectivity index (χ0n) is 13.4. The van der Waals surface area contributed by atoms with Gasteiger partial charge in [0.15, 0.2) is 10.8 Å². The average molecular weight is 397 g/mol. The number of pyridine rings is 1. The van der Waals surface area contributed by atoms with Crippen molar-refractivity contribution >= 4 is 52.2 Å². The maximum Gasteiger partial charge on any atom is 0.237 e. The molecule has 2 aromatic heterocycles. The minimum atomic E-state index is -0.406. The number of hydrogen-bond acceptors (Lipinski definition) is 5. The number of thioether (sulfide) groups is 1. The summed E-state index contributed by atoms with van der Waals surface area (Å²) in [5.74, 6) is 0.508. The van der Waals surface area contributed by atoms with Crippen LogP contribution in [0.25, 0.3) is 5.65 Å². The molecule has 0 aliphatic rings. The van der Waals surface area contributed by atoms with E-state index >= 15 is 0 Å². The molecule has 0 saturated heterocycles. The van der Waals surface area contributed by atoms with E-state index in [-0.39, 0.29) is 5.91 Å². The second-order valence-electron chi connectivity index (χ2n) is 5.16. The van der Waals surface area contributed by atoms with Crippen LogP contribution in [0.4, 0.5) is 5.69 Å². The normalized spacial score (nSPS) is 12.2. The molecule has 9 heteroatoms. The van der Waals surface area contributed by atoms with Crippen molar-refractivity contribution in [3.8, 4) is 5.75 Å². The van der Waals surface area contributed by atoms with E-state index in [1.807, 2.05) is 12.1 Å². The van der Waals surface area contributed by atoms with Crippen LogP contribution in [-0.4, -0.2) is 32.9 Å². The Hall–Kier alpha value is -1.96. The van der Waals surface area contributed by atoms with Crippen LogP contribution in [0.5, 0.6) is 5.75 Å². The summed E-state index contributed by atoms with van der Waals surface area (Å²) in [5, 5.41) is 12.0. The third kappa shape index (κ3) is 4.00. The number of carbonyl (C=O) groups excluding carboxylic acids is 1. The summed E-state index contributed by atoms with van der Waals surface area (Å²) in [6.07, 6.45) is 1.66. The van der Waals surface area contributed by atoms with Gasteiger partial charge in [-0.25, -0.2) is 0 Å². The lowest BCUT2D eigenvalue weighted by atomic mass is 10.3. The molecule has 0 fully saturated rings. The van der Waals surface area contributed by atoms with Gasteiger partial charge >= 0.3 is 0 Å². The molecule has 3 rings (SSSR count). The van der Waals surface area contributed by atoms with Crippen LogP contribution in [-0.2, 0) is 4.79 Å². The van der Waals surface area contributed by atoms with Crippen molar-refractivity contribution in [1.29, 1.82) is 0 Å². The van der Waals surface area contributed by atoms with Crippen molar-refractivity contribution in [2.24, 2.45) is 0 Å². The molecule has 1 atom stereocenters. The van der Waals surface area contributed by atoms with Gasteiger partial charge in [-0.3, -0.25) is 9.20 Å². The van der Waals surface area contributed by atoms with Gasteiger partial charge in [0.2, 0.25) is 5.91 Å². The van der Waals surface area contributed by atoms with Crippen molar-refractivity contribution in [2.75, 3.05) is 12.4 Å². The van der Waals surface area contributed by atoms with Gasteiger partial charge in [-0.1, -0.05) is 41.0 Å². The molecule has 0 saturated carbocycles. The average Bonchev–Trinajstić information content (AvgIpc) is 2.98. The van der Waals surface area contributed by atoms with Crippen molar-refractivity contribution in [3.63, 3.8) is 0 Å². The van der Waals surface area contributed by atoms with Gasteiger partial charge in [-0.05, 0) is 25.1 Å². The van der Waals surface area contributed by atoms with Crippen molar-refractivity contribution < 1.29 is 9.53 Å². The summed E-state index contributed by atoms with van der Waals surface area (Å²) in [6, 6.07) is 8.76. The van der Waals surface area contributed by atoms with Crippen molar-refractivity contribution in [2.45, 2.75) is 17.3 Å². The number of benzene rings is 1. The number of nitrogens with zero attached hydrogens (tertiary/aromatic N) is 3. The number of rotatable bonds is 5. The van der Waals surface area contributed by atoms with Crippen molar-refractivity contribution in [3.05, 3.63) is 46.6 Å². The lowest BCUT2D eigenvalue weighted by Crippen LogP contribution is -2.22. The summed E-state index contributed by atoms with van der Waals surface area (Å²) in [7, 11) is 1.58. The van der Waals surface area contributed by atoms with E-state index in [4.69, 9.17) is 27.9 Å². The molecule has 130 valence electrons. The van der Waals surface area contributed by atoms with Gasteiger partial charge < -0.3 is 10.1 Å². The van der Waals surface area contributed by atoms with Gasteiger partial charge in [0.05, 0.1) is 22.4 Å². The molecule has 1 amide bonds. The monoisotopic (exact) mass is 396 g/mol. The minimum absolute atomic E-state index is 0.164. The predicted octanol–water partition coefficient (Wildman–Crippen LogP) is 4.16. The number of nitrogens with one attached hydrogen (secondary N) is 1. The number of halogens is 2. The fourth-order valence-corrected chi connectivity index (χ4v) is 3.47. The molecule has 3 aromatic rings. The van der Waals surface area contributed by atoms with E-state index in [0.717, 1.165) is 0 Å². The SMILES string of the molecule is COc1cccc(NC(=O)[C@@H](C)Sc2nnc3c(Cl)cc(Cl)cn23)c1. The number of fused-ring (bicyclic) bond motifs is 1. The Morgan fingerprint density at radius 2 is 2.12 bits per heavy atom. The maximum absolute atomic E-state index is 12.4. The summed E-state index contributed by atoms with van der Waals surface area (Å²) in [4.78, 5) is 12.4. The second kappa shape index (κ2) is 7.51. The zero-order chi connectivity index (χ0) is 18.0. The summed E-state index contributed by atoms with van der Waals surface area (Å²) < 4.78 is 6.82. The van der Waals surface area contributed by atoms with Crippen LogP contribution in [0.15, 0.2) is 41.7 Å². The number of carbonyl (C=O) groups is 1. The third-order valence-corrected chi connectivity index (χ3v) is 4.93. The molecule has 25 heavy (non-hydrogen) atoms. The maximum atomic E-state index is 12.4. The number of amides is 1. The number of methoxy groups -OCH3 is 1. The molecule has 1 N–H and O–H groups in total. The molecule has 0 radical (unpaired) electrons. The zero-order valence-corrected chi connectivity index (χ0v) is 15.7. The van der Waals surface area contributed by atoms with Gasteiger partial charge in [0.1, 0.15) is 5.75 Å². The van der Waals surface area contributed by atoms with Crippen LogP contribution in [0.3, 0.4) is 0 Å². The van der Waals surface area contributed by atoms with Crippen molar-refractivity contribution in [1.82, 2.24) is 14.6 Å². The number of aromatic nitrogens is 3. The van der Waals surface area contributed by atoms with Gasteiger partial charge in [-0.15, -0.1) is 10.2 Å². The quantitative estimate of drug-likeness (QED) is 0.655. The Labute approximate surface area is 158 Å². The third-order valence-electron chi connectivity index (χ3n) is 3.38. The first kappa shape index (κ1) is 17.8. The van der Waals surface area contributed by atoms with E-state index in [2.05, 4.69) is 15.5 Å². The Kier molecular flexibility index (Phi) is 5.36. The van der Waals surface area contributed by atoms with Gasteiger partial charge in [-0.2, -0.15) is 0 Å². The topological polar surface area (TPSA) is 68.5 Å². The predicted molar refractivity (Wildman–Crippen MR) is 99.9 cm³/mol. The Morgan fingerprint density at radius 3 is 2.88 bits per heavy atom. The molecule has 0 aliphatic carbocycles. The molecular weight excluding hydrogens is 383 g/mol. The molecule has 1 aromatic carbocycles. The molecular formula is C16H14Cl2N4O2S. The fourth-order valence-electron chi connectivity index (χ4n) is 2.14. The first-order valence-corrected chi connectivity index (χ1v) is 8.93. The highest BCUT2D eigenvalue weighted by Crippen LogP contribution is 2.28. The molecule has 0 bridgehead atoms. The minimum Gasteiger partial charge on any atom is -0.497 e. The first-order valence-electron chi connectivity index (χ1n) is 7.29. The van der Waals surface area contributed by atoms with E-state index in [1.165, 1.54) is 11.8 Å². The highest BCUT2D eigenvalue weighted by atomic mass is 35.5. The lowest BCUT2D eigenvalue weighted by Gasteiger charge is -2.11. The Balaban J connectivity index is 1.75. The summed E-state index contributed by atoms with van der Waals surface area (Å²) in [6.45, 7) is 1.79. The van der Waals surface area contributed by atoms with Crippen LogP contribution < -0.4 is 10.1 Å². The van der Waals surface area contributed by atoms with Gasteiger partial charge in [0.25, 0.3) is 0 Å². The van der Waals surface area contributed by atoms with Crippen LogP contribution in [0, 0.1) is 0 Å². The highest BCUT2D eigenvalue weighted by Gasteiger charge is 2.19. The molecule has 0 aliphatic heterocycles. The van der Waals surface area contributed by atoms with E-state index in [9.17, 15) is 4.79 Å². The number of anilines is 1. The fraction of sp³-hybridized carbons (Fsp3) is 0.188. The Morgan fingerprint density at radius 1 is 1.32 bits per heavy atom. The summed E-state index contributed by atoms with van der Waals surface area (Å²) in [5.41, 5.74) is 1.16. The highest BCUT2D eigenvalue weighted by molar-refractivity contribution is 8.00. The smallest absolute Gasteiger partial charge is 0.237 e. The second-order valence-corrected chi connectivity index (χ2v) is 7.32. The molecule has 0 unspecified atom stereocenters. The van der Waals surface area contributed by atoms with Crippen LogP contribution >= 0.6 is 35.0 Å². The number of hydrogen-bond donors (Lipinski definition) is 1. The van der Waals surface area contributed by atoms with Gasteiger partial charge in [0, 0.05) is 18.0 Å². The van der Waals surface area contributed by atoms with E-state index in [0.29, 0.717) is 32.3 Å². The van der Waals surface area contributed by atoms with Crippen LogP contribution in [0.1, 0.15) is 6.92 Å². The lowest BCUT2D eigenvalue weighted by molar-refractivity contribution is -0.115. The van der Waals surface area contributed by atoms with E-state index < -0.39 is 5.25 Å². The molecule has 2 heterocycles. The molecule has 6 nitrogen and oxygen atoms in total. The van der Waals surface area contributed by atoms with E-state index in [1.54, 1.807) is 42.8 Å². The van der Waals surface area contributed by atoms with Crippen LogP contribution in [0.2, 0.25) is 10.0 Å². The first-order chi connectivity index (χ1) is 12.0. The summed E-state index contributed by atoms with van der Waals surface area (Å²) >= 11 is 13.4. The molecule has 0 spiro atoms. The standard InChI is InChI=1S/C16H14Cl2N4O2S/c1-9(15(23)19-11-4-3-5-12(7-11)24-2)25-16-21-20-14-13(18)6-10(17)8-22(14)16/h3-9H,1-2H3,(H,19,23)/t9-/m1/s1. The number of ether oxygens (including phenoxy) is 1. The Bertz CT molecular complexity index is 932. The largest absolute Gasteiger partial charge is 0.497 e.